The van der Waals surface area contributed by atoms with Crippen LogP contribution in [0.5, 0.6) is 0 Å². The molecule has 0 atom stereocenters. The highest BCUT2D eigenvalue weighted by Crippen LogP contribution is 1.97. The van der Waals surface area contributed by atoms with Gasteiger partial charge >= 0.3 is 0 Å². The van der Waals surface area contributed by atoms with Crippen LogP contribution in [0.15, 0.2) is 0 Å². The van der Waals surface area contributed by atoms with Crippen molar-refractivity contribution in [2.45, 2.75) is 13.3 Å². The van der Waals surface area contributed by atoms with Crippen molar-refractivity contribution in [3.8, 4) is 0 Å². The van der Waals surface area contributed by atoms with Gasteiger partial charge in [-0.3, -0.25) is 16.2 Å². The van der Waals surface area contributed by atoms with E-state index in [0.29, 0.717) is 17.7 Å². The average molecular weight is 150 g/mol. The zero-order chi connectivity index (χ0) is 8.59. The number of nitrogen functional groups attached to an aromatic ring is 1. The lowest BCUT2D eigenvalue weighted by Gasteiger charge is -1.89. The highest BCUT2D eigenvalue weighted by molar-refractivity contribution is 5.46. The molecule has 1 rings (SSSR count). The van der Waals surface area contributed by atoms with Gasteiger partial charge in [-0.1, -0.05) is 6.92 Å². The van der Waals surface area contributed by atoms with Crippen molar-refractivity contribution < 1.29 is 0 Å². The van der Waals surface area contributed by atoms with E-state index >= 15 is 0 Å². The second kappa shape index (κ2) is 2.30. The van der Waals surface area contributed by atoms with E-state index < -0.39 is 0 Å². The summed E-state index contributed by atoms with van der Waals surface area (Å²) >= 11 is 0. The molecule has 5 N–H and O–H groups in total. The van der Waals surface area contributed by atoms with E-state index in [0.717, 1.165) is 0 Å². The highest BCUT2D eigenvalue weighted by atomic mass is 14.6. The minimum Gasteiger partial charge on any atom is -0.397 e. The zero-order valence-electron chi connectivity index (χ0n) is 6.28. The third-order valence-corrected chi connectivity index (χ3v) is 1.75. The molecule has 58 valence electrons. The fraction of sp³-hybridized carbons (Fsp3) is 0.286. The smallest absolute Gasteiger partial charge is 0.106 e. The Labute approximate surface area is 63.5 Å². The molecule has 0 heterocycles. The second-order valence-electron chi connectivity index (χ2n) is 2.37. The standard InChI is InChI=1S/C7H10N4/c1-2-3-4(8)6(10)7(11)5(3)9/h8,10-11H,2,9H2,1H3. The first kappa shape index (κ1) is 7.65. The summed E-state index contributed by atoms with van der Waals surface area (Å²) < 4.78 is 0. The normalized spacial score (nSPS) is 10.3. The average Bonchev–Trinajstić information content (AvgIpc) is 2.17. The Balaban J connectivity index is 3.77. The van der Waals surface area contributed by atoms with Crippen LogP contribution in [0.2, 0.25) is 0 Å². The summed E-state index contributed by atoms with van der Waals surface area (Å²) in [5.74, 6) is 0. The first-order valence-electron chi connectivity index (χ1n) is 3.35. The number of anilines is 1. The van der Waals surface area contributed by atoms with Crippen molar-refractivity contribution in [3.05, 3.63) is 21.6 Å². The molecule has 0 spiro atoms. The van der Waals surface area contributed by atoms with Gasteiger partial charge in [-0.05, 0) is 6.42 Å². The van der Waals surface area contributed by atoms with Gasteiger partial charge in [0.1, 0.15) is 10.7 Å². The summed E-state index contributed by atoms with van der Waals surface area (Å²) in [6.07, 6.45) is 0.620. The van der Waals surface area contributed by atoms with Crippen LogP contribution in [0.4, 0.5) is 5.69 Å². The fourth-order valence-electron chi connectivity index (χ4n) is 1.06. The Morgan fingerprint density at radius 3 is 1.82 bits per heavy atom. The number of nitrogens with two attached hydrogens (primary N) is 1. The van der Waals surface area contributed by atoms with Gasteiger partial charge in [0.2, 0.25) is 0 Å². The van der Waals surface area contributed by atoms with Crippen LogP contribution in [0.3, 0.4) is 0 Å². The molecule has 0 aliphatic carbocycles. The summed E-state index contributed by atoms with van der Waals surface area (Å²) in [6.45, 7) is 1.86. The molecule has 4 nitrogen and oxygen atoms in total. The minimum absolute atomic E-state index is 0.00755. The Morgan fingerprint density at radius 1 is 1.09 bits per heavy atom. The molecule has 4 heteroatoms. The Kier molecular flexibility index (Phi) is 1.60. The lowest BCUT2D eigenvalue weighted by atomic mass is 10.2. The van der Waals surface area contributed by atoms with Gasteiger partial charge in [-0.25, -0.2) is 0 Å². The van der Waals surface area contributed by atoms with Crippen LogP contribution in [-0.4, -0.2) is 0 Å². The van der Waals surface area contributed by atoms with Gasteiger partial charge in [0.15, 0.2) is 0 Å². The number of nitrogens with one attached hydrogen (secondary N) is 3. The van der Waals surface area contributed by atoms with Crippen molar-refractivity contribution >= 4 is 5.69 Å². The van der Waals surface area contributed by atoms with E-state index in [1.165, 1.54) is 0 Å². The molecule has 0 unspecified atom stereocenters. The number of hydrogen-bond donors (Lipinski definition) is 4. The predicted molar refractivity (Wildman–Crippen MR) is 40.2 cm³/mol. The molecule has 1 aromatic rings. The van der Waals surface area contributed by atoms with E-state index in [4.69, 9.17) is 22.0 Å². The molecule has 0 aliphatic heterocycles. The fourth-order valence-corrected chi connectivity index (χ4v) is 1.06. The SMILES string of the molecule is CCc1c(N)c(=N)c(=N)c1=N. The van der Waals surface area contributed by atoms with Gasteiger partial charge in [0.25, 0.3) is 0 Å². The van der Waals surface area contributed by atoms with Gasteiger partial charge in [-0.15, -0.1) is 0 Å². The largest absolute Gasteiger partial charge is 0.397 e. The molecule has 0 fully saturated rings. The zero-order valence-corrected chi connectivity index (χ0v) is 6.28. The minimum atomic E-state index is -0.0562. The van der Waals surface area contributed by atoms with Crippen molar-refractivity contribution in [3.63, 3.8) is 0 Å². The lowest BCUT2D eigenvalue weighted by Crippen LogP contribution is -2.31. The van der Waals surface area contributed by atoms with Gasteiger partial charge in [0, 0.05) is 5.56 Å². The molecular weight excluding hydrogens is 140 g/mol. The maximum Gasteiger partial charge on any atom is 0.106 e. The van der Waals surface area contributed by atoms with E-state index in [1.54, 1.807) is 0 Å². The third kappa shape index (κ3) is 0.869. The molecule has 1 aromatic carbocycles. The molecule has 11 heavy (non-hydrogen) atoms. The first-order chi connectivity index (χ1) is 5.09. The van der Waals surface area contributed by atoms with Crippen LogP contribution in [0.25, 0.3) is 0 Å². The maximum absolute atomic E-state index is 7.37. The summed E-state index contributed by atoms with van der Waals surface area (Å²) in [5.41, 5.74) is 6.41. The maximum atomic E-state index is 7.37. The second-order valence-corrected chi connectivity index (χ2v) is 2.37. The van der Waals surface area contributed by atoms with Crippen LogP contribution in [0, 0.1) is 16.2 Å². The van der Waals surface area contributed by atoms with Crippen molar-refractivity contribution in [1.29, 1.82) is 16.2 Å². The van der Waals surface area contributed by atoms with Gasteiger partial charge in [0.05, 0.1) is 11.0 Å². The van der Waals surface area contributed by atoms with Crippen molar-refractivity contribution in [2.24, 2.45) is 0 Å². The van der Waals surface area contributed by atoms with Crippen LogP contribution in [0.1, 0.15) is 12.5 Å². The Bertz CT molecular complexity index is 409. The molecule has 0 bridgehead atoms. The molecule has 0 saturated heterocycles. The third-order valence-electron chi connectivity index (χ3n) is 1.75. The quantitative estimate of drug-likeness (QED) is 0.412. The summed E-state index contributed by atoms with van der Waals surface area (Å²) in [7, 11) is 0. The molecule has 0 amide bonds. The van der Waals surface area contributed by atoms with E-state index in [-0.39, 0.29) is 16.1 Å². The molecule has 0 aliphatic rings. The summed E-state index contributed by atoms with van der Waals surface area (Å²) in [4.78, 5) is 0. The van der Waals surface area contributed by atoms with Gasteiger partial charge < -0.3 is 5.73 Å². The van der Waals surface area contributed by atoms with E-state index in [9.17, 15) is 0 Å². The van der Waals surface area contributed by atoms with E-state index in [2.05, 4.69) is 0 Å². The number of hydrogen-bond acceptors (Lipinski definition) is 4. The lowest BCUT2D eigenvalue weighted by molar-refractivity contribution is 1.05. The molecule has 0 aromatic heterocycles. The van der Waals surface area contributed by atoms with E-state index in [1.807, 2.05) is 6.92 Å². The monoisotopic (exact) mass is 150 g/mol. The molecule has 0 radical (unpaired) electrons. The predicted octanol–water partition coefficient (Wildman–Crippen LogP) is -0.855. The Morgan fingerprint density at radius 2 is 1.64 bits per heavy atom. The van der Waals surface area contributed by atoms with Crippen LogP contribution >= 0.6 is 0 Å². The number of rotatable bonds is 1. The summed E-state index contributed by atoms with van der Waals surface area (Å²) in [6, 6.07) is 0. The van der Waals surface area contributed by atoms with Crippen molar-refractivity contribution in [1.82, 2.24) is 0 Å². The highest BCUT2D eigenvalue weighted by Gasteiger charge is 2.06. The molecular formula is C7H10N4. The Hall–Kier alpha value is -1.45. The van der Waals surface area contributed by atoms with Crippen molar-refractivity contribution in [2.75, 3.05) is 5.73 Å². The first-order valence-corrected chi connectivity index (χ1v) is 3.35. The summed E-state index contributed by atoms with van der Waals surface area (Å²) in [5, 5.41) is 21.9. The topological polar surface area (TPSA) is 97.6 Å². The van der Waals surface area contributed by atoms with Gasteiger partial charge in [-0.2, -0.15) is 0 Å². The van der Waals surface area contributed by atoms with Crippen LogP contribution < -0.4 is 21.8 Å². The van der Waals surface area contributed by atoms with Crippen LogP contribution in [-0.2, 0) is 6.42 Å². The molecule has 0 saturated carbocycles.